The molecule has 0 radical (unpaired) electrons. The third kappa shape index (κ3) is 4.04. The average Bonchev–Trinajstić information content (AvgIpc) is 2.61. The van der Waals surface area contributed by atoms with E-state index in [1.165, 1.54) is 12.1 Å². The van der Waals surface area contributed by atoms with Crippen molar-refractivity contribution in [2.24, 2.45) is 0 Å². The molecule has 0 bridgehead atoms. The van der Waals surface area contributed by atoms with Gasteiger partial charge in [0.05, 0.1) is 12.1 Å². The highest BCUT2D eigenvalue weighted by Gasteiger charge is 2.10. The molecule has 4 heteroatoms. The van der Waals surface area contributed by atoms with Gasteiger partial charge >= 0.3 is 0 Å². The Morgan fingerprint density at radius 3 is 2.62 bits per heavy atom. The summed E-state index contributed by atoms with van der Waals surface area (Å²) < 4.78 is 13.2. The average molecular weight is 320 g/mol. The van der Waals surface area contributed by atoms with E-state index in [2.05, 4.69) is 10.3 Å². The van der Waals surface area contributed by atoms with E-state index in [9.17, 15) is 9.18 Å². The van der Waals surface area contributed by atoms with Gasteiger partial charge in [0.25, 0.3) is 0 Å². The molecule has 120 valence electrons. The fraction of sp³-hybridized carbons (Fsp3) is 0.100. The zero-order chi connectivity index (χ0) is 16.8. The van der Waals surface area contributed by atoms with Crippen molar-refractivity contribution in [1.29, 1.82) is 0 Å². The standard InChI is InChI=1S/C20H17FN2O/c21-17-8-5-6-15(12-17)14-23-20(24)13-16-7-1-2-9-18(16)19-10-3-4-11-22-19/h1-12H,13-14H2,(H,23,24). The van der Waals surface area contributed by atoms with Crippen LogP contribution in [0.2, 0.25) is 0 Å². The van der Waals surface area contributed by atoms with Crippen LogP contribution in [0.5, 0.6) is 0 Å². The highest BCUT2D eigenvalue weighted by molar-refractivity contribution is 5.81. The minimum atomic E-state index is -0.303. The van der Waals surface area contributed by atoms with Gasteiger partial charge in [-0.05, 0) is 35.4 Å². The number of rotatable bonds is 5. The molecule has 24 heavy (non-hydrogen) atoms. The van der Waals surface area contributed by atoms with Crippen molar-refractivity contribution in [2.75, 3.05) is 0 Å². The van der Waals surface area contributed by atoms with E-state index in [1.54, 1.807) is 18.3 Å². The Morgan fingerprint density at radius 1 is 1.00 bits per heavy atom. The zero-order valence-corrected chi connectivity index (χ0v) is 13.1. The number of carbonyl (C=O) groups is 1. The summed E-state index contributed by atoms with van der Waals surface area (Å²) in [7, 11) is 0. The van der Waals surface area contributed by atoms with Gasteiger partial charge in [0.1, 0.15) is 5.82 Å². The van der Waals surface area contributed by atoms with Crippen LogP contribution in [0.25, 0.3) is 11.3 Å². The molecule has 0 atom stereocenters. The molecule has 3 rings (SSSR count). The molecule has 0 unspecified atom stereocenters. The maximum atomic E-state index is 13.2. The van der Waals surface area contributed by atoms with E-state index in [0.717, 1.165) is 22.4 Å². The highest BCUT2D eigenvalue weighted by Crippen LogP contribution is 2.21. The first-order valence-corrected chi connectivity index (χ1v) is 7.73. The van der Waals surface area contributed by atoms with E-state index >= 15 is 0 Å². The van der Waals surface area contributed by atoms with Crippen molar-refractivity contribution in [1.82, 2.24) is 10.3 Å². The smallest absolute Gasteiger partial charge is 0.224 e. The molecular weight excluding hydrogens is 303 g/mol. The van der Waals surface area contributed by atoms with Crippen molar-refractivity contribution in [3.8, 4) is 11.3 Å². The summed E-state index contributed by atoms with van der Waals surface area (Å²) in [5, 5.41) is 2.83. The van der Waals surface area contributed by atoms with Crippen molar-refractivity contribution in [2.45, 2.75) is 13.0 Å². The Morgan fingerprint density at radius 2 is 1.83 bits per heavy atom. The van der Waals surface area contributed by atoms with Crippen LogP contribution >= 0.6 is 0 Å². The topological polar surface area (TPSA) is 42.0 Å². The second-order valence-electron chi connectivity index (χ2n) is 5.46. The summed E-state index contributed by atoms with van der Waals surface area (Å²) in [6.45, 7) is 0.308. The van der Waals surface area contributed by atoms with Gasteiger partial charge in [0.15, 0.2) is 0 Å². The lowest BCUT2D eigenvalue weighted by molar-refractivity contribution is -0.120. The Kier molecular flexibility index (Phi) is 4.96. The van der Waals surface area contributed by atoms with E-state index in [0.29, 0.717) is 6.54 Å². The molecule has 0 saturated heterocycles. The van der Waals surface area contributed by atoms with Gasteiger partial charge in [-0.2, -0.15) is 0 Å². The number of nitrogens with zero attached hydrogens (tertiary/aromatic N) is 1. The van der Waals surface area contributed by atoms with Gasteiger partial charge in [0, 0.05) is 18.3 Å². The lowest BCUT2D eigenvalue weighted by Gasteiger charge is -2.10. The fourth-order valence-corrected chi connectivity index (χ4v) is 2.53. The van der Waals surface area contributed by atoms with Crippen LogP contribution in [0.3, 0.4) is 0 Å². The van der Waals surface area contributed by atoms with E-state index < -0.39 is 0 Å². The highest BCUT2D eigenvalue weighted by atomic mass is 19.1. The number of carbonyl (C=O) groups excluding carboxylic acids is 1. The third-order valence-electron chi connectivity index (χ3n) is 3.69. The molecule has 1 amide bonds. The molecule has 0 fully saturated rings. The van der Waals surface area contributed by atoms with E-state index in [4.69, 9.17) is 0 Å². The molecule has 0 aliphatic heterocycles. The van der Waals surface area contributed by atoms with E-state index in [-0.39, 0.29) is 18.1 Å². The van der Waals surface area contributed by atoms with Gasteiger partial charge in [-0.25, -0.2) is 4.39 Å². The number of amides is 1. The molecule has 1 aromatic heterocycles. The predicted octanol–water partition coefficient (Wildman–Crippen LogP) is 3.75. The second kappa shape index (κ2) is 7.51. The Balaban J connectivity index is 1.69. The molecule has 3 aromatic rings. The lowest BCUT2D eigenvalue weighted by atomic mass is 10.0. The molecule has 0 aliphatic rings. The second-order valence-corrected chi connectivity index (χ2v) is 5.46. The number of nitrogens with one attached hydrogen (secondary N) is 1. The van der Waals surface area contributed by atoms with Gasteiger partial charge in [-0.15, -0.1) is 0 Å². The van der Waals surface area contributed by atoms with Crippen molar-refractivity contribution >= 4 is 5.91 Å². The molecule has 3 nitrogen and oxygen atoms in total. The molecule has 1 N–H and O–H groups in total. The van der Waals surface area contributed by atoms with Crippen LogP contribution in [-0.2, 0) is 17.8 Å². The van der Waals surface area contributed by atoms with Gasteiger partial charge in [-0.3, -0.25) is 9.78 Å². The van der Waals surface area contributed by atoms with E-state index in [1.807, 2.05) is 42.5 Å². The maximum absolute atomic E-state index is 13.2. The minimum absolute atomic E-state index is 0.109. The van der Waals surface area contributed by atoms with Crippen LogP contribution < -0.4 is 5.32 Å². The van der Waals surface area contributed by atoms with Gasteiger partial charge in [0.2, 0.25) is 5.91 Å². The lowest BCUT2D eigenvalue weighted by Crippen LogP contribution is -2.24. The molecular formula is C20H17FN2O. The van der Waals surface area contributed by atoms with Crippen LogP contribution in [0.1, 0.15) is 11.1 Å². The van der Waals surface area contributed by atoms with Crippen LogP contribution in [-0.4, -0.2) is 10.9 Å². The SMILES string of the molecule is O=C(Cc1ccccc1-c1ccccn1)NCc1cccc(F)c1. The molecule has 0 saturated carbocycles. The monoisotopic (exact) mass is 320 g/mol. The largest absolute Gasteiger partial charge is 0.352 e. The number of benzene rings is 2. The summed E-state index contributed by atoms with van der Waals surface area (Å²) >= 11 is 0. The summed E-state index contributed by atoms with van der Waals surface area (Å²) in [4.78, 5) is 16.6. The van der Waals surface area contributed by atoms with Gasteiger partial charge < -0.3 is 5.32 Å². The van der Waals surface area contributed by atoms with Crippen molar-refractivity contribution < 1.29 is 9.18 Å². The Hall–Kier alpha value is -3.01. The minimum Gasteiger partial charge on any atom is -0.352 e. The summed E-state index contributed by atoms with van der Waals surface area (Å²) in [5.41, 5.74) is 3.43. The number of aromatic nitrogens is 1. The normalized spacial score (nSPS) is 10.4. The predicted molar refractivity (Wildman–Crippen MR) is 91.6 cm³/mol. The fourth-order valence-electron chi connectivity index (χ4n) is 2.53. The number of pyridine rings is 1. The Bertz CT molecular complexity index is 834. The van der Waals surface area contributed by atoms with Crippen molar-refractivity contribution in [3.05, 3.63) is 89.9 Å². The quantitative estimate of drug-likeness (QED) is 0.778. The number of halogens is 1. The van der Waals surface area contributed by atoms with Crippen LogP contribution in [0.4, 0.5) is 4.39 Å². The van der Waals surface area contributed by atoms with Crippen LogP contribution in [0.15, 0.2) is 72.9 Å². The van der Waals surface area contributed by atoms with Crippen LogP contribution in [0, 0.1) is 5.82 Å². The maximum Gasteiger partial charge on any atom is 0.224 e. The Labute approximate surface area is 140 Å². The molecule has 2 aromatic carbocycles. The third-order valence-corrected chi connectivity index (χ3v) is 3.69. The summed E-state index contributed by atoms with van der Waals surface area (Å²) in [5.74, 6) is -0.412. The van der Waals surface area contributed by atoms with Crippen molar-refractivity contribution in [3.63, 3.8) is 0 Å². The molecule has 1 heterocycles. The first-order valence-electron chi connectivity index (χ1n) is 7.73. The summed E-state index contributed by atoms with van der Waals surface area (Å²) in [6, 6.07) is 19.6. The first-order chi connectivity index (χ1) is 11.7. The molecule has 0 spiro atoms. The first kappa shape index (κ1) is 15.9. The molecule has 0 aliphatic carbocycles. The zero-order valence-electron chi connectivity index (χ0n) is 13.1. The van der Waals surface area contributed by atoms with Gasteiger partial charge in [-0.1, -0.05) is 42.5 Å². The summed E-state index contributed by atoms with van der Waals surface area (Å²) in [6.07, 6.45) is 1.98. The number of hydrogen-bond acceptors (Lipinski definition) is 2. The number of hydrogen-bond donors (Lipinski definition) is 1.